The Labute approximate surface area is 204 Å². The Kier molecular flexibility index (Phi) is 5.63. The first-order chi connectivity index (χ1) is 15.8. The van der Waals surface area contributed by atoms with Crippen molar-refractivity contribution in [2.45, 2.75) is 6.92 Å². The maximum atomic E-state index is 5.94. The Bertz CT molecular complexity index is 1600. The van der Waals surface area contributed by atoms with Crippen LogP contribution in [0.5, 0.6) is 0 Å². The van der Waals surface area contributed by atoms with Crippen LogP contribution >= 0.6 is 0 Å². The zero-order valence-corrected chi connectivity index (χ0v) is 20.2. The minimum Gasteiger partial charge on any atom is -0.476 e. The fourth-order valence-corrected chi connectivity index (χ4v) is 4.27. The van der Waals surface area contributed by atoms with Crippen molar-refractivity contribution in [1.29, 1.82) is 0 Å². The molecule has 0 N–H and O–H groups in total. The standard InChI is InChI=1S/C17H8NO.C12H10N.Ir/c1-4-10-11-6-3-9-18-17(11)12-5-2-8-14-16(12)15(10)13(7-1)19-14;1-10-7-8-13-12(9-10)11-5-3-2-4-6-11;/h1-4,6-9H;2-5,7-9H,1H3;/q2*-1;. The molecule has 161 valence electrons. The molecule has 3 aromatic heterocycles. The van der Waals surface area contributed by atoms with Gasteiger partial charge in [-0.25, -0.2) is 0 Å². The summed E-state index contributed by atoms with van der Waals surface area (Å²) in [4.78, 5) is 8.82. The molecule has 0 spiro atoms. The van der Waals surface area contributed by atoms with Gasteiger partial charge in [-0.2, -0.15) is 0 Å². The predicted molar refractivity (Wildman–Crippen MR) is 130 cm³/mol. The number of fused-ring (bicyclic) bond motifs is 3. The van der Waals surface area contributed by atoms with E-state index in [1.165, 1.54) is 16.3 Å². The summed E-state index contributed by atoms with van der Waals surface area (Å²) in [5, 5.41) is 5.73. The topological polar surface area (TPSA) is 38.9 Å². The summed E-state index contributed by atoms with van der Waals surface area (Å²) in [5.41, 5.74) is 6.10. The van der Waals surface area contributed by atoms with Crippen LogP contribution < -0.4 is 0 Å². The average Bonchev–Trinajstić information content (AvgIpc) is 3.24. The van der Waals surface area contributed by atoms with Gasteiger partial charge >= 0.3 is 0 Å². The van der Waals surface area contributed by atoms with Crippen molar-refractivity contribution in [2.24, 2.45) is 0 Å². The molecule has 0 aliphatic carbocycles. The van der Waals surface area contributed by atoms with Gasteiger partial charge < -0.3 is 14.4 Å². The minimum absolute atomic E-state index is 0. The summed E-state index contributed by atoms with van der Waals surface area (Å²) in [7, 11) is 0. The van der Waals surface area contributed by atoms with Gasteiger partial charge in [0.05, 0.1) is 5.58 Å². The Morgan fingerprint density at radius 3 is 2.45 bits per heavy atom. The molecular weight excluding hydrogens is 585 g/mol. The van der Waals surface area contributed by atoms with E-state index in [0.717, 1.165) is 44.1 Å². The van der Waals surface area contributed by atoms with E-state index in [1.54, 1.807) is 0 Å². The first-order valence-electron chi connectivity index (χ1n) is 10.5. The van der Waals surface area contributed by atoms with E-state index >= 15 is 0 Å². The van der Waals surface area contributed by atoms with Crippen LogP contribution in [0.4, 0.5) is 0 Å². The molecule has 4 aromatic carbocycles. The summed E-state index contributed by atoms with van der Waals surface area (Å²) in [6.45, 7) is 2.06. The summed E-state index contributed by atoms with van der Waals surface area (Å²) in [6.07, 6.45) is 3.65. The van der Waals surface area contributed by atoms with Gasteiger partial charge in [-0.05, 0) is 52.5 Å². The smallest absolute Gasteiger partial charge is 0.124 e. The number of nitrogens with zero attached hydrogens (tertiary/aromatic N) is 2. The molecule has 0 saturated carbocycles. The van der Waals surface area contributed by atoms with E-state index in [9.17, 15) is 0 Å². The molecule has 0 atom stereocenters. The number of aryl methyl sites for hydroxylation is 1. The number of rotatable bonds is 1. The molecule has 0 aliphatic heterocycles. The average molecular weight is 603 g/mol. The molecule has 0 fully saturated rings. The first-order valence-corrected chi connectivity index (χ1v) is 10.5. The van der Waals surface area contributed by atoms with Crippen LogP contribution in [0.15, 0.2) is 95.7 Å². The van der Waals surface area contributed by atoms with E-state index in [1.807, 2.05) is 73.1 Å². The fraction of sp³-hybridized carbons (Fsp3) is 0.0345. The zero-order chi connectivity index (χ0) is 21.5. The zero-order valence-electron chi connectivity index (χ0n) is 17.8. The van der Waals surface area contributed by atoms with Crippen LogP contribution in [0.25, 0.3) is 54.9 Å². The van der Waals surface area contributed by atoms with Crippen molar-refractivity contribution in [2.75, 3.05) is 0 Å². The van der Waals surface area contributed by atoms with Gasteiger partial charge in [0.15, 0.2) is 0 Å². The second kappa shape index (κ2) is 8.74. The van der Waals surface area contributed by atoms with Crippen LogP contribution in [0.1, 0.15) is 5.56 Å². The number of hydrogen-bond acceptors (Lipinski definition) is 3. The summed E-state index contributed by atoms with van der Waals surface area (Å²) in [5.74, 6) is 0. The van der Waals surface area contributed by atoms with E-state index in [2.05, 4.69) is 47.2 Å². The molecule has 1 radical (unpaired) electrons. The largest absolute Gasteiger partial charge is 0.476 e. The van der Waals surface area contributed by atoms with Crippen molar-refractivity contribution in [1.82, 2.24) is 9.97 Å². The third-order valence-electron chi connectivity index (χ3n) is 5.69. The van der Waals surface area contributed by atoms with Crippen LogP contribution in [-0.4, -0.2) is 9.97 Å². The SMILES string of the molecule is Cc1ccnc(-c2[c-]cccc2)c1.[Ir].[c-]1ccc2oc3cccc4c5cccnc5c1c2c34. The molecule has 3 nitrogen and oxygen atoms in total. The van der Waals surface area contributed by atoms with Crippen LogP contribution in [-0.2, 0) is 20.1 Å². The quantitative estimate of drug-likeness (QED) is 0.145. The van der Waals surface area contributed by atoms with Gasteiger partial charge in [0, 0.05) is 32.5 Å². The molecular formula is C29H18IrN2O-2. The van der Waals surface area contributed by atoms with E-state index in [-0.39, 0.29) is 20.1 Å². The first kappa shape index (κ1) is 21.3. The van der Waals surface area contributed by atoms with Crippen LogP contribution in [0.3, 0.4) is 0 Å². The van der Waals surface area contributed by atoms with Crippen molar-refractivity contribution < 1.29 is 24.5 Å². The maximum Gasteiger partial charge on any atom is 0.124 e. The number of benzene rings is 4. The molecule has 7 aromatic rings. The minimum atomic E-state index is 0. The van der Waals surface area contributed by atoms with Crippen molar-refractivity contribution >= 4 is 43.6 Å². The number of hydrogen-bond donors (Lipinski definition) is 0. The summed E-state index contributed by atoms with van der Waals surface area (Å²) < 4.78 is 5.94. The molecule has 7 rings (SSSR count). The van der Waals surface area contributed by atoms with Crippen molar-refractivity contribution in [3.05, 3.63) is 109 Å². The molecule has 0 amide bonds. The molecule has 0 aliphatic rings. The number of furan rings is 1. The van der Waals surface area contributed by atoms with Crippen LogP contribution in [0, 0.1) is 19.1 Å². The second-order valence-electron chi connectivity index (χ2n) is 7.77. The molecule has 0 unspecified atom stereocenters. The monoisotopic (exact) mass is 603 g/mol. The van der Waals surface area contributed by atoms with E-state index in [4.69, 9.17) is 4.42 Å². The molecule has 33 heavy (non-hydrogen) atoms. The maximum absolute atomic E-state index is 5.94. The van der Waals surface area contributed by atoms with Gasteiger partial charge in [0.2, 0.25) is 0 Å². The van der Waals surface area contributed by atoms with Gasteiger partial charge in [0.25, 0.3) is 0 Å². The Morgan fingerprint density at radius 2 is 1.61 bits per heavy atom. The van der Waals surface area contributed by atoms with Gasteiger partial charge in [-0.15, -0.1) is 53.4 Å². The third kappa shape index (κ3) is 3.68. The van der Waals surface area contributed by atoms with E-state index < -0.39 is 0 Å². The Morgan fingerprint density at radius 1 is 0.727 bits per heavy atom. The Hall–Kier alpha value is -3.59. The fourth-order valence-electron chi connectivity index (χ4n) is 4.27. The summed E-state index contributed by atoms with van der Waals surface area (Å²) >= 11 is 0. The molecule has 0 saturated heterocycles. The predicted octanol–water partition coefficient (Wildman–Crippen LogP) is 7.38. The number of aromatic nitrogens is 2. The second-order valence-corrected chi connectivity index (χ2v) is 7.77. The molecule has 3 heterocycles. The molecule has 0 bridgehead atoms. The van der Waals surface area contributed by atoms with Gasteiger partial charge in [-0.3, -0.25) is 0 Å². The molecule has 4 heteroatoms. The summed E-state index contributed by atoms with van der Waals surface area (Å²) in [6, 6.07) is 32.5. The number of pyridine rings is 2. The normalized spacial score (nSPS) is 10.9. The Balaban J connectivity index is 0.000000144. The van der Waals surface area contributed by atoms with Crippen molar-refractivity contribution in [3.8, 4) is 11.3 Å². The van der Waals surface area contributed by atoms with E-state index in [0.29, 0.717) is 0 Å². The van der Waals surface area contributed by atoms with Gasteiger partial charge in [0.1, 0.15) is 5.58 Å². The van der Waals surface area contributed by atoms with Gasteiger partial charge in [-0.1, -0.05) is 41.3 Å². The van der Waals surface area contributed by atoms with Crippen LogP contribution in [0.2, 0.25) is 0 Å². The third-order valence-corrected chi connectivity index (χ3v) is 5.69. The van der Waals surface area contributed by atoms with Crippen molar-refractivity contribution in [3.63, 3.8) is 0 Å².